The third-order valence-corrected chi connectivity index (χ3v) is 3.71. The fourth-order valence-corrected chi connectivity index (χ4v) is 2.40. The van der Waals surface area contributed by atoms with Gasteiger partial charge in [-0.15, -0.1) is 0 Å². The lowest BCUT2D eigenvalue weighted by molar-refractivity contribution is 0.0696. The van der Waals surface area contributed by atoms with Gasteiger partial charge in [0.25, 0.3) is 5.91 Å². The Hall–Kier alpha value is -3.45. The van der Waals surface area contributed by atoms with E-state index in [1.54, 1.807) is 36.5 Å². The van der Waals surface area contributed by atoms with Gasteiger partial charge < -0.3 is 9.52 Å². The number of benzene rings is 1. The maximum Gasteiger partial charge on any atom is 0.337 e. The van der Waals surface area contributed by atoms with Gasteiger partial charge in [0.2, 0.25) is 0 Å². The summed E-state index contributed by atoms with van der Waals surface area (Å²) in [4.78, 5) is 26.7. The van der Waals surface area contributed by atoms with E-state index in [2.05, 4.69) is 15.5 Å². The molecule has 8 heteroatoms. The number of carboxylic acid groups (broad SMARTS) is 1. The van der Waals surface area contributed by atoms with Crippen molar-refractivity contribution in [2.45, 2.75) is 0 Å². The van der Waals surface area contributed by atoms with E-state index in [-0.39, 0.29) is 10.6 Å². The number of hydrogen-bond donors (Lipinski definition) is 2. The molecule has 0 aliphatic heterocycles. The van der Waals surface area contributed by atoms with Crippen molar-refractivity contribution >= 4 is 29.7 Å². The smallest absolute Gasteiger partial charge is 0.337 e. The molecule has 0 aliphatic rings. The van der Waals surface area contributed by atoms with Gasteiger partial charge in [-0.3, -0.25) is 9.78 Å². The topological polar surface area (TPSA) is 105 Å². The zero-order valence-electron chi connectivity index (χ0n) is 13.2. The number of hydrogen-bond acceptors (Lipinski definition) is 5. The molecular formula is C18H12ClN3O4. The lowest BCUT2D eigenvalue weighted by Crippen LogP contribution is -2.17. The van der Waals surface area contributed by atoms with Crippen molar-refractivity contribution in [3.05, 3.63) is 76.8 Å². The third kappa shape index (κ3) is 3.96. The zero-order valence-corrected chi connectivity index (χ0v) is 14.0. The average Bonchev–Trinajstić information content (AvgIpc) is 3.11. The molecule has 0 bridgehead atoms. The summed E-state index contributed by atoms with van der Waals surface area (Å²) in [6.45, 7) is 0. The van der Waals surface area contributed by atoms with Crippen LogP contribution in [0.4, 0.5) is 0 Å². The number of aromatic carboxylic acids is 1. The van der Waals surface area contributed by atoms with Crippen molar-refractivity contribution in [3.63, 3.8) is 0 Å². The molecule has 0 fully saturated rings. The fraction of sp³-hybridized carbons (Fsp3) is 0. The molecule has 1 amide bonds. The van der Waals surface area contributed by atoms with E-state index in [9.17, 15) is 9.59 Å². The van der Waals surface area contributed by atoms with Crippen LogP contribution in [0.15, 0.2) is 64.4 Å². The number of carbonyl (C=O) groups is 2. The zero-order chi connectivity index (χ0) is 18.5. The first-order chi connectivity index (χ1) is 12.5. The number of carbonyl (C=O) groups excluding carboxylic acids is 1. The van der Waals surface area contributed by atoms with Crippen LogP contribution in [-0.2, 0) is 0 Å². The Balaban J connectivity index is 1.69. The Bertz CT molecular complexity index is 983. The summed E-state index contributed by atoms with van der Waals surface area (Å²) in [6.07, 6.45) is 4.35. The molecule has 26 heavy (non-hydrogen) atoms. The van der Waals surface area contributed by atoms with Crippen LogP contribution in [0.2, 0.25) is 5.02 Å². The van der Waals surface area contributed by atoms with Gasteiger partial charge in [0.1, 0.15) is 11.5 Å². The normalized spacial score (nSPS) is 10.8. The number of pyridine rings is 1. The van der Waals surface area contributed by atoms with Crippen molar-refractivity contribution < 1.29 is 19.1 Å². The van der Waals surface area contributed by atoms with Gasteiger partial charge in [-0.2, -0.15) is 5.10 Å². The summed E-state index contributed by atoms with van der Waals surface area (Å²) in [7, 11) is 0. The quantitative estimate of drug-likeness (QED) is 0.529. The third-order valence-electron chi connectivity index (χ3n) is 3.39. The van der Waals surface area contributed by atoms with Gasteiger partial charge in [-0.1, -0.05) is 17.7 Å². The highest BCUT2D eigenvalue weighted by molar-refractivity contribution is 6.33. The first-order valence-corrected chi connectivity index (χ1v) is 7.79. The number of rotatable bonds is 5. The number of halogens is 1. The molecule has 0 spiro atoms. The molecule has 130 valence electrons. The summed E-state index contributed by atoms with van der Waals surface area (Å²) >= 11 is 5.96. The van der Waals surface area contributed by atoms with Crippen molar-refractivity contribution in [1.29, 1.82) is 0 Å². The molecule has 3 rings (SSSR count). The van der Waals surface area contributed by atoms with Crippen molar-refractivity contribution in [1.82, 2.24) is 10.4 Å². The summed E-state index contributed by atoms with van der Waals surface area (Å²) in [5.41, 5.74) is 3.40. The van der Waals surface area contributed by atoms with Crippen LogP contribution in [0.5, 0.6) is 0 Å². The van der Waals surface area contributed by atoms with Crippen LogP contribution >= 0.6 is 11.6 Å². The van der Waals surface area contributed by atoms with E-state index in [1.165, 1.54) is 24.5 Å². The van der Waals surface area contributed by atoms with Gasteiger partial charge in [0.05, 0.1) is 22.4 Å². The lowest BCUT2D eigenvalue weighted by atomic mass is 10.1. The number of furan rings is 1. The van der Waals surface area contributed by atoms with Crippen LogP contribution in [0, 0.1) is 0 Å². The van der Waals surface area contributed by atoms with Crippen molar-refractivity contribution in [2.75, 3.05) is 0 Å². The van der Waals surface area contributed by atoms with E-state index >= 15 is 0 Å². The van der Waals surface area contributed by atoms with Crippen LogP contribution < -0.4 is 5.43 Å². The minimum absolute atomic E-state index is 0.0156. The number of nitrogens with one attached hydrogen (secondary N) is 1. The first-order valence-electron chi connectivity index (χ1n) is 7.41. The van der Waals surface area contributed by atoms with Gasteiger partial charge in [-0.05, 0) is 36.4 Å². The van der Waals surface area contributed by atoms with E-state index < -0.39 is 11.9 Å². The highest BCUT2D eigenvalue weighted by atomic mass is 35.5. The highest BCUT2D eigenvalue weighted by Gasteiger charge is 2.11. The second-order valence-electron chi connectivity index (χ2n) is 5.14. The van der Waals surface area contributed by atoms with Crippen LogP contribution in [-0.4, -0.2) is 28.2 Å². The first kappa shape index (κ1) is 17.4. The average molecular weight is 370 g/mol. The second-order valence-corrected chi connectivity index (χ2v) is 5.55. The molecule has 0 saturated heterocycles. The standard InChI is InChI=1S/C18H12ClN3O4/c19-15-8-11(3-5-14(15)18(24)25)16-6-4-13(26-16)10-21-22-17(23)12-2-1-7-20-9-12/h1-10H,(H,22,23)(H,24,25)/b21-10-. The van der Waals surface area contributed by atoms with Crippen molar-refractivity contribution in [2.24, 2.45) is 5.10 Å². The summed E-state index contributed by atoms with van der Waals surface area (Å²) < 4.78 is 5.59. The minimum Gasteiger partial charge on any atom is -0.478 e. The largest absolute Gasteiger partial charge is 0.478 e. The molecular weight excluding hydrogens is 358 g/mol. The number of aromatic nitrogens is 1. The number of hydrazone groups is 1. The monoisotopic (exact) mass is 369 g/mol. The molecule has 0 aliphatic carbocycles. The Morgan fingerprint density at radius 2 is 2.08 bits per heavy atom. The Morgan fingerprint density at radius 1 is 1.23 bits per heavy atom. The van der Waals surface area contributed by atoms with E-state index in [4.69, 9.17) is 21.1 Å². The summed E-state index contributed by atoms with van der Waals surface area (Å²) in [5.74, 6) is -0.593. The molecule has 0 atom stereocenters. The van der Waals surface area contributed by atoms with Crippen LogP contribution in [0.1, 0.15) is 26.5 Å². The van der Waals surface area contributed by atoms with Gasteiger partial charge in [0, 0.05) is 18.0 Å². The summed E-state index contributed by atoms with van der Waals surface area (Å²) in [5, 5.41) is 12.9. The van der Waals surface area contributed by atoms with E-state index in [0.717, 1.165) is 0 Å². The molecule has 0 unspecified atom stereocenters. The van der Waals surface area contributed by atoms with Gasteiger partial charge in [0.15, 0.2) is 0 Å². The Kier molecular flexibility index (Phi) is 5.09. The highest BCUT2D eigenvalue weighted by Crippen LogP contribution is 2.27. The van der Waals surface area contributed by atoms with E-state index in [1.807, 2.05) is 0 Å². The maximum atomic E-state index is 11.8. The number of carboxylic acids is 1. The SMILES string of the molecule is O=C(N/N=C\c1ccc(-c2ccc(C(=O)O)c(Cl)c2)o1)c1cccnc1. The van der Waals surface area contributed by atoms with Gasteiger partial charge >= 0.3 is 5.97 Å². The molecule has 1 aromatic carbocycles. The molecule has 2 N–H and O–H groups in total. The molecule has 7 nitrogen and oxygen atoms in total. The molecule has 0 saturated carbocycles. The lowest BCUT2D eigenvalue weighted by Gasteiger charge is -2.01. The number of nitrogens with zero attached hydrogens (tertiary/aromatic N) is 2. The Labute approximate surface area is 152 Å². The molecule has 2 heterocycles. The van der Waals surface area contributed by atoms with Crippen molar-refractivity contribution in [3.8, 4) is 11.3 Å². The predicted octanol–water partition coefficient (Wildman–Crippen LogP) is 3.46. The number of amides is 1. The maximum absolute atomic E-state index is 11.8. The van der Waals surface area contributed by atoms with E-state index in [0.29, 0.717) is 22.6 Å². The van der Waals surface area contributed by atoms with Crippen LogP contribution in [0.3, 0.4) is 0 Å². The van der Waals surface area contributed by atoms with Crippen LogP contribution in [0.25, 0.3) is 11.3 Å². The summed E-state index contributed by atoms with van der Waals surface area (Å²) in [6, 6.07) is 11.1. The molecule has 3 aromatic rings. The second kappa shape index (κ2) is 7.62. The molecule has 2 aromatic heterocycles. The fourth-order valence-electron chi connectivity index (χ4n) is 2.14. The molecule has 0 radical (unpaired) electrons. The van der Waals surface area contributed by atoms with Gasteiger partial charge in [-0.25, -0.2) is 10.2 Å². The minimum atomic E-state index is -1.10. The Morgan fingerprint density at radius 3 is 2.77 bits per heavy atom. The predicted molar refractivity (Wildman–Crippen MR) is 95.4 cm³/mol.